The summed E-state index contributed by atoms with van der Waals surface area (Å²) in [5.41, 5.74) is -0.384. The number of halogens is 4. The van der Waals surface area contributed by atoms with Crippen LogP contribution in [0.1, 0.15) is 30.4 Å². The van der Waals surface area contributed by atoms with Gasteiger partial charge in [-0.25, -0.2) is 0 Å². The molecule has 0 unspecified atom stereocenters. The van der Waals surface area contributed by atoms with E-state index in [9.17, 15) is 13.2 Å². The lowest BCUT2D eigenvalue weighted by Crippen LogP contribution is -2.35. The Morgan fingerprint density at radius 2 is 2.00 bits per heavy atom. The van der Waals surface area contributed by atoms with Crippen LogP contribution in [0.3, 0.4) is 0 Å². The summed E-state index contributed by atoms with van der Waals surface area (Å²) in [6.07, 6.45) is -1.08. The van der Waals surface area contributed by atoms with E-state index >= 15 is 0 Å². The van der Waals surface area contributed by atoms with Crippen LogP contribution in [-0.2, 0) is 12.7 Å². The van der Waals surface area contributed by atoms with Crippen LogP contribution in [0.25, 0.3) is 0 Å². The van der Waals surface area contributed by atoms with Gasteiger partial charge in [0.05, 0.1) is 5.56 Å². The lowest BCUT2D eigenvalue weighted by atomic mass is 9.93. The molecule has 1 N–H and O–H groups in total. The first-order chi connectivity index (χ1) is 7.97. The Labute approximate surface area is 103 Å². The maximum atomic E-state index is 12.7. The zero-order valence-corrected chi connectivity index (χ0v) is 9.91. The van der Waals surface area contributed by atoms with Crippen molar-refractivity contribution in [3.63, 3.8) is 0 Å². The predicted molar refractivity (Wildman–Crippen MR) is 60.9 cm³/mol. The molecule has 1 aromatic carbocycles. The van der Waals surface area contributed by atoms with E-state index in [1.165, 1.54) is 12.1 Å². The van der Waals surface area contributed by atoms with E-state index < -0.39 is 11.7 Å². The van der Waals surface area contributed by atoms with Crippen molar-refractivity contribution in [3.05, 3.63) is 34.3 Å². The molecule has 0 atom stereocenters. The van der Waals surface area contributed by atoms with E-state index in [-0.39, 0.29) is 12.1 Å². The Hall–Kier alpha value is -0.740. The molecule has 1 aromatic rings. The first-order valence-corrected chi connectivity index (χ1v) is 5.93. The van der Waals surface area contributed by atoms with E-state index in [2.05, 4.69) is 5.32 Å². The normalized spacial score (nSPS) is 16.9. The molecule has 0 radical (unpaired) electrons. The van der Waals surface area contributed by atoms with Gasteiger partial charge < -0.3 is 5.32 Å². The average molecular weight is 264 g/mol. The van der Waals surface area contributed by atoms with Crippen LogP contribution in [0.2, 0.25) is 5.02 Å². The third kappa shape index (κ3) is 3.13. The van der Waals surface area contributed by atoms with Crippen LogP contribution >= 0.6 is 11.6 Å². The van der Waals surface area contributed by atoms with Gasteiger partial charge in [-0.15, -0.1) is 0 Å². The number of hydrogen-bond donors (Lipinski definition) is 1. The van der Waals surface area contributed by atoms with Gasteiger partial charge in [-0.05, 0) is 36.6 Å². The molecule has 0 spiro atoms. The Bertz CT molecular complexity index is 399. The van der Waals surface area contributed by atoms with E-state index in [1.54, 1.807) is 0 Å². The topological polar surface area (TPSA) is 12.0 Å². The van der Waals surface area contributed by atoms with Crippen molar-refractivity contribution < 1.29 is 13.2 Å². The van der Waals surface area contributed by atoms with Gasteiger partial charge in [-0.1, -0.05) is 18.0 Å². The maximum Gasteiger partial charge on any atom is 0.416 e. The summed E-state index contributed by atoms with van der Waals surface area (Å²) in [7, 11) is 0. The molecule has 0 heterocycles. The van der Waals surface area contributed by atoms with Crippen LogP contribution in [0, 0.1) is 0 Å². The Balaban J connectivity index is 2.14. The lowest BCUT2D eigenvalue weighted by Gasteiger charge is -2.27. The van der Waals surface area contributed by atoms with Gasteiger partial charge in [0, 0.05) is 17.6 Å². The predicted octanol–water partition coefficient (Wildman–Crippen LogP) is 4.00. The van der Waals surface area contributed by atoms with Crippen molar-refractivity contribution in [1.82, 2.24) is 5.32 Å². The first-order valence-electron chi connectivity index (χ1n) is 5.56. The van der Waals surface area contributed by atoms with E-state index in [4.69, 9.17) is 11.6 Å². The summed E-state index contributed by atoms with van der Waals surface area (Å²) in [6.45, 7) is 0.222. The zero-order valence-electron chi connectivity index (χ0n) is 9.15. The quantitative estimate of drug-likeness (QED) is 0.869. The van der Waals surface area contributed by atoms with Gasteiger partial charge in [-0.2, -0.15) is 13.2 Å². The Morgan fingerprint density at radius 1 is 1.29 bits per heavy atom. The van der Waals surface area contributed by atoms with Gasteiger partial charge in [-0.3, -0.25) is 0 Å². The molecule has 1 aliphatic rings. The number of hydrogen-bond acceptors (Lipinski definition) is 1. The van der Waals surface area contributed by atoms with Crippen molar-refractivity contribution in [2.75, 3.05) is 0 Å². The summed E-state index contributed by atoms with van der Waals surface area (Å²) in [6, 6.07) is 4.06. The smallest absolute Gasteiger partial charge is 0.310 e. The lowest BCUT2D eigenvalue weighted by molar-refractivity contribution is -0.138. The second-order valence-electron chi connectivity index (χ2n) is 4.31. The molecule has 1 aliphatic carbocycles. The fourth-order valence-electron chi connectivity index (χ4n) is 1.85. The van der Waals surface area contributed by atoms with E-state index in [1.807, 2.05) is 0 Å². The van der Waals surface area contributed by atoms with Crippen molar-refractivity contribution >= 4 is 11.6 Å². The molecule has 1 fully saturated rings. The molecule has 0 aliphatic heterocycles. The van der Waals surface area contributed by atoms with Crippen molar-refractivity contribution in [2.24, 2.45) is 0 Å². The molecule has 2 rings (SSSR count). The first kappa shape index (κ1) is 12.7. The van der Waals surface area contributed by atoms with Gasteiger partial charge in [0.1, 0.15) is 0 Å². The SMILES string of the molecule is FC(F)(F)c1ccc(Cl)cc1CNC1CCC1. The summed E-state index contributed by atoms with van der Waals surface area (Å²) >= 11 is 5.73. The van der Waals surface area contributed by atoms with Gasteiger partial charge in [0.25, 0.3) is 0 Å². The molecule has 1 nitrogen and oxygen atoms in total. The molecular formula is C12H13ClF3N. The summed E-state index contributed by atoms with van der Waals surface area (Å²) in [4.78, 5) is 0. The second-order valence-corrected chi connectivity index (χ2v) is 4.74. The van der Waals surface area contributed by atoms with Crippen molar-refractivity contribution in [1.29, 1.82) is 0 Å². The summed E-state index contributed by atoms with van der Waals surface area (Å²) in [5, 5.41) is 3.45. The second kappa shape index (κ2) is 4.86. The molecule has 17 heavy (non-hydrogen) atoms. The Kier molecular flexibility index (Phi) is 3.64. The van der Waals surface area contributed by atoms with E-state index in [0.717, 1.165) is 25.3 Å². The number of nitrogens with one attached hydrogen (secondary N) is 1. The van der Waals surface area contributed by atoms with Crippen LogP contribution in [-0.4, -0.2) is 6.04 Å². The fourth-order valence-corrected chi connectivity index (χ4v) is 2.05. The van der Waals surface area contributed by atoms with Crippen molar-refractivity contribution in [2.45, 2.75) is 38.0 Å². The minimum Gasteiger partial charge on any atom is -0.310 e. The monoisotopic (exact) mass is 263 g/mol. The highest BCUT2D eigenvalue weighted by Crippen LogP contribution is 2.33. The fraction of sp³-hybridized carbons (Fsp3) is 0.500. The molecule has 1 saturated carbocycles. The summed E-state index contributed by atoms with van der Waals surface area (Å²) in [5.74, 6) is 0. The molecule has 0 aromatic heterocycles. The molecule has 5 heteroatoms. The molecule has 0 bridgehead atoms. The van der Waals surface area contributed by atoms with E-state index in [0.29, 0.717) is 11.1 Å². The largest absolute Gasteiger partial charge is 0.416 e. The minimum absolute atomic E-state index is 0.219. The summed E-state index contributed by atoms with van der Waals surface area (Å²) < 4.78 is 38.2. The zero-order chi connectivity index (χ0) is 12.5. The highest BCUT2D eigenvalue weighted by Gasteiger charge is 2.33. The van der Waals surface area contributed by atoms with Gasteiger partial charge in [0.2, 0.25) is 0 Å². The molecule has 0 saturated heterocycles. The third-order valence-electron chi connectivity index (χ3n) is 3.06. The number of benzene rings is 1. The van der Waals surface area contributed by atoms with Gasteiger partial charge >= 0.3 is 6.18 Å². The standard InChI is InChI=1S/C12H13ClF3N/c13-9-4-5-11(12(14,15)16)8(6-9)7-17-10-2-1-3-10/h4-6,10,17H,1-3,7H2. The van der Waals surface area contributed by atoms with Gasteiger partial charge in [0.15, 0.2) is 0 Å². The van der Waals surface area contributed by atoms with Crippen LogP contribution in [0.4, 0.5) is 13.2 Å². The maximum absolute atomic E-state index is 12.7. The van der Waals surface area contributed by atoms with Crippen molar-refractivity contribution in [3.8, 4) is 0 Å². The average Bonchev–Trinajstić information content (AvgIpc) is 2.13. The number of alkyl halides is 3. The van der Waals surface area contributed by atoms with Crippen LogP contribution in [0.15, 0.2) is 18.2 Å². The highest BCUT2D eigenvalue weighted by atomic mass is 35.5. The molecular weight excluding hydrogens is 251 g/mol. The Morgan fingerprint density at radius 3 is 2.53 bits per heavy atom. The number of rotatable bonds is 3. The third-order valence-corrected chi connectivity index (χ3v) is 3.29. The molecule has 0 amide bonds. The van der Waals surface area contributed by atoms with Crippen LogP contribution < -0.4 is 5.32 Å². The minimum atomic E-state index is -4.32. The molecule has 94 valence electrons. The van der Waals surface area contributed by atoms with Crippen LogP contribution in [0.5, 0.6) is 0 Å². The highest BCUT2D eigenvalue weighted by molar-refractivity contribution is 6.30.